The van der Waals surface area contributed by atoms with E-state index >= 15 is 0 Å². The van der Waals surface area contributed by atoms with E-state index in [1.54, 1.807) is 0 Å². The van der Waals surface area contributed by atoms with Crippen LogP contribution in [0, 0.1) is 0 Å². The summed E-state index contributed by atoms with van der Waals surface area (Å²) in [5.41, 5.74) is 9.72. The summed E-state index contributed by atoms with van der Waals surface area (Å²) < 4.78 is 5.34. The molecule has 0 spiro atoms. The molecule has 70 valence electrons. The average Bonchev–Trinajstić information content (AvgIpc) is 2.49. The third-order valence-electron chi connectivity index (χ3n) is 2.34. The van der Waals surface area contributed by atoms with Crippen molar-refractivity contribution in [3.63, 3.8) is 0 Å². The van der Waals surface area contributed by atoms with Crippen molar-refractivity contribution in [2.24, 2.45) is 5.73 Å². The monoisotopic (exact) mass is 177 g/mol. The first kappa shape index (κ1) is 8.73. The van der Waals surface area contributed by atoms with Crippen LogP contribution >= 0.6 is 0 Å². The summed E-state index contributed by atoms with van der Waals surface area (Å²) in [6, 6.07) is 6.75. The van der Waals surface area contributed by atoms with Gasteiger partial charge in [-0.25, -0.2) is 0 Å². The summed E-state index contributed by atoms with van der Waals surface area (Å²) >= 11 is 0. The predicted molar refractivity (Wildman–Crippen MR) is 52.3 cm³/mol. The van der Waals surface area contributed by atoms with E-state index in [2.05, 4.69) is 18.2 Å². The molecule has 0 radical (unpaired) electrons. The first-order chi connectivity index (χ1) is 6.25. The Kier molecular flexibility index (Phi) is 2.34. The molecule has 2 nitrogen and oxygen atoms in total. The first-order valence-corrected chi connectivity index (χ1v) is 4.69. The van der Waals surface area contributed by atoms with Gasteiger partial charge < -0.3 is 10.5 Å². The van der Waals surface area contributed by atoms with Gasteiger partial charge in [-0.15, -0.1) is 0 Å². The Labute approximate surface area is 78.7 Å². The van der Waals surface area contributed by atoms with Crippen LogP contribution in [0.5, 0.6) is 0 Å². The summed E-state index contributed by atoms with van der Waals surface area (Å²) in [5.74, 6) is 0. The van der Waals surface area contributed by atoms with Crippen molar-refractivity contribution in [2.75, 3.05) is 0 Å². The molecule has 0 fully saturated rings. The topological polar surface area (TPSA) is 35.2 Å². The van der Waals surface area contributed by atoms with E-state index in [9.17, 15) is 0 Å². The molecule has 0 aliphatic carbocycles. The minimum absolute atomic E-state index is 0.236. The Bertz CT molecular complexity index is 307. The summed E-state index contributed by atoms with van der Waals surface area (Å²) in [6.07, 6.45) is 0.952. The highest BCUT2D eigenvalue weighted by molar-refractivity contribution is 5.33. The fourth-order valence-electron chi connectivity index (χ4n) is 1.72. The zero-order valence-corrected chi connectivity index (χ0v) is 7.92. The van der Waals surface area contributed by atoms with E-state index in [0.29, 0.717) is 0 Å². The molecule has 2 rings (SSSR count). The lowest BCUT2D eigenvalue weighted by molar-refractivity contribution is 0.134. The SMILES string of the molecule is CC(N)Cc1ccc2c(c1)COC2. The lowest BCUT2D eigenvalue weighted by atomic mass is 10.0. The Morgan fingerprint density at radius 1 is 1.38 bits per heavy atom. The van der Waals surface area contributed by atoms with E-state index in [4.69, 9.17) is 10.5 Å². The van der Waals surface area contributed by atoms with Crippen LogP contribution in [0.15, 0.2) is 18.2 Å². The van der Waals surface area contributed by atoms with Gasteiger partial charge >= 0.3 is 0 Å². The molecule has 1 unspecified atom stereocenters. The van der Waals surface area contributed by atoms with Crippen molar-refractivity contribution < 1.29 is 4.74 Å². The van der Waals surface area contributed by atoms with E-state index in [1.165, 1.54) is 16.7 Å². The van der Waals surface area contributed by atoms with Crippen LogP contribution in [0.3, 0.4) is 0 Å². The van der Waals surface area contributed by atoms with Crippen LogP contribution in [-0.2, 0) is 24.4 Å². The zero-order chi connectivity index (χ0) is 9.26. The smallest absolute Gasteiger partial charge is 0.0725 e. The minimum Gasteiger partial charge on any atom is -0.372 e. The Morgan fingerprint density at radius 2 is 2.15 bits per heavy atom. The van der Waals surface area contributed by atoms with Gasteiger partial charge in [0.05, 0.1) is 13.2 Å². The second-order valence-corrected chi connectivity index (χ2v) is 3.78. The largest absolute Gasteiger partial charge is 0.372 e. The number of benzene rings is 1. The second-order valence-electron chi connectivity index (χ2n) is 3.78. The molecule has 2 N–H and O–H groups in total. The molecule has 1 heterocycles. The molecular weight excluding hydrogens is 162 g/mol. The Balaban J connectivity index is 2.21. The minimum atomic E-state index is 0.236. The highest BCUT2D eigenvalue weighted by Gasteiger charge is 2.11. The molecule has 1 aliphatic heterocycles. The van der Waals surface area contributed by atoms with Crippen molar-refractivity contribution in [1.82, 2.24) is 0 Å². The molecule has 0 saturated heterocycles. The molecule has 13 heavy (non-hydrogen) atoms. The van der Waals surface area contributed by atoms with E-state index < -0.39 is 0 Å². The van der Waals surface area contributed by atoms with Gasteiger partial charge in [0.25, 0.3) is 0 Å². The number of hydrogen-bond acceptors (Lipinski definition) is 2. The summed E-state index contributed by atoms with van der Waals surface area (Å²) in [4.78, 5) is 0. The van der Waals surface area contributed by atoms with Gasteiger partial charge in [0.1, 0.15) is 0 Å². The molecule has 2 heteroatoms. The first-order valence-electron chi connectivity index (χ1n) is 4.69. The third kappa shape index (κ3) is 1.90. The molecule has 0 bridgehead atoms. The van der Waals surface area contributed by atoms with Crippen molar-refractivity contribution in [2.45, 2.75) is 32.6 Å². The summed E-state index contributed by atoms with van der Waals surface area (Å²) in [6.45, 7) is 3.57. The maximum atomic E-state index is 5.74. The quantitative estimate of drug-likeness (QED) is 0.744. The maximum absolute atomic E-state index is 5.74. The zero-order valence-electron chi connectivity index (χ0n) is 7.92. The average molecular weight is 177 g/mol. The fraction of sp³-hybridized carbons (Fsp3) is 0.455. The van der Waals surface area contributed by atoms with Gasteiger partial charge in [-0.1, -0.05) is 18.2 Å². The summed E-state index contributed by atoms with van der Waals surface area (Å²) in [7, 11) is 0. The second kappa shape index (κ2) is 3.48. The molecule has 1 aromatic carbocycles. The molecule has 1 atom stereocenters. The van der Waals surface area contributed by atoms with E-state index in [1.807, 2.05) is 6.92 Å². The van der Waals surface area contributed by atoms with Gasteiger partial charge in [-0.05, 0) is 30.0 Å². The predicted octanol–water partition coefficient (Wildman–Crippen LogP) is 1.61. The van der Waals surface area contributed by atoms with Gasteiger partial charge in [-0.2, -0.15) is 0 Å². The molecular formula is C11H15NO. The van der Waals surface area contributed by atoms with Crippen molar-refractivity contribution in [1.29, 1.82) is 0 Å². The van der Waals surface area contributed by atoms with Crippen LogP contribution in [0.25, 0.3) is 0 Å². The normalized spacial score (nSPS) is 17.1. The summed E-state index contributed by atoms with van der Waals surface area (Å²) in [5, 5.41) is 0. The van der Waals surface area contributed by atoms with Crippen LogP contribution in [0.4, 0.5) is 0 Å². The molecule has 1 aromatic rings. The van der Waals surface area contributed by atoms with E-state index in [0.717, 1.165) is 19.6 Å². The van der Waals surface area contributed by atoms with Gasteiger partial charge in [0, 0.05) is 6.04 Å². The van der Waals surface area contributed by atoms with Gasteiger partial charge in [-0.3, -0.25) is 0 Å². The maximum Gasteiger partial charge on any atom is 0.0725 e. The number of fused-ring (bicyclic) bond motifs is 1. The highest BCUT2D eigenvalue weighted by Crippen LogP contribution is 2.21. The Hall–Kier alpha value is -0.860. The van der Waals surface area contributed by atoms with Gasteiger partial charge in [0.2, 0.25) is 0 Å². The van der Waals surface area contributed by atoms with E-state index in [-0.39, 0.29) is 6.04 Å². The lowest BCUT2D eigenvalue weighted by Gasteiger charge is -2.06. The highest BCUT2D eigenvalue weighted by atomic mass is 16.5. The van der Waals surface area contributed by atoms with Crippen LogP contribution in [-0.4, -0.2) is 6.04 Å². The number of hydrogen-bond donors (Lipinski definition) is 1. The molecule has 0 saturated carbocycles. The van der Waals surface area contributed by atoms with Crippen LogP contribution in [0.1, 0.15) is 23.6 Å². The number of ether oxygens (including phenoxy) is 1. The van der Waals surface area contributed by atoms with Crippen molar-refractivity contribution in [3.8, 4) is 0 Å². The number of nitrogens with two attached hydrogens (primary N) is 1. The molecule has 1 aliphatic rings. The molecule has 0 amide bonds. The lowest BCUT2D eigenvalue weighted by Crippen LogP contribution is -2.17. The van der Waals surface area contributed by atoms with Crippen molar-refractivity contribution in [3.05, 3.63) is 34.9 Å². The van der Waals surface area contributed by atoms with Crippen LogP contribution < -0.4 is 5.73 Å². The van der Waals surface area contributed by atoms with Gasteiger partial charge in [0.15, 0.2) is 0 Å². The molecule has 0 aromatic heterocycles. The Morgan fingerprint density at radius 3 is 2.92 bits per heavy atom. The van der Waals surface area contributed by atoms with Crippen molar-refractivity contribution >= 4 is 0 Å². The number of rotatable bonds is 2. The van der Waals surface area contributed by atoms with Crippen LogP contribution in [0.2, 0.25) is 0 Å². The fourth-order valence-corrected chi connectivity index (χ4v) is 1.72. The third-order valence-corrected chi connectivity index (χ3v) is 2.34. The standard InChI is InChI=1S/C11H15NO/c1-8(12)4-9-2-3-10-6-13-7-11(10)5-9/h2-3,5,8H,4,6-7,12H2,1H3.